The minimum absolute atomic E-state index is 0.00574. The number of rotatable bonds is 3. The number of hydrogen-bond acceptors (Lipinski definition) is 2. The third-order valence-corrected chi connectivity index (χ3v) is 5.76. The van der Waals surface area contributed by atoms with Gasteiger partial charge in [-0.15, -0.1) is 0 Å². The summed E-state index contributed by atoms with van der Waals surface area (Å²) >= 11 is 0. The van der Waals surface area contributed by atoms with Gasteiger partial charge >= 0.3 is 0 Å². The largest absolute Gasteiger partial charge is 0.356 e. The van der Waals surface area contributed by atoms with E-state index in [1.807, 2.05) is 0 Å². The fraction of sp³-hybridized carbons (Fsp3) is 0.824. The third-order valence-electron chi connectivity index (χ3n) is 5.76. The van der Waals surface area contributed by atoms with Crippen molar-refractivity contribution < 1.29 is 4.79 Å². The van der Waals surface area contributed by atoms with Gasteiger partial charge in [0.15, 0.2) is 0 Å². The predicted octanol–water partition coefficient (Wildman–Crippen LogP) is 2.86. The molecule has 0 aliphatic heterocycles. The average Bonchev–Trinajstić information content (AvgIpc) is 2.43. The van der Waals surface area contributed by atoms with Crippen LogP contribution in [0.2, 0.25) is 0 Å². The molecule has 4 atom stereocenters. The van der Waals surface area contributed by atoms with Gasteiger partial charge in [-0.05, 0) is 49.4 Å². The Morgan fingerprint density at radius 2 is 2.05 bits per heavy atom. The number of nitrogens with one attached hydrogen (secondary N) is 1. The lowest BCUT2D eigenvalue weighted by atomic mass is 9.61. The molecule has 0 heterocycles. The molecular formula is C17H30N2O. The molecule has 0 aromatic heterocycles. The normalized spacial score (nSPS) is 36.6. The molecule has 3 heteroatoms. The highest BCUT2D eigenvalue weighted by molar-refractivity contribution is 5.79. The lowest BCUT2D eigenvalue weighted by molar-refractivity contribution is -0.132. The minimum Gasteiger partial charge on any atom is -0.356 e. The Morgan fingerprint density at radius 1 is 1.30 bits per heavy atom. The molecule has 1 amide bonds. The summed E-state index contributed by atoms with van der Waals surface area (Å²) in [5.41, 5.74) is 6.16. The zero-order valence-electron chi connectivity index (χ0n) is 13.2. The third kappa shape index (κ3) is 3.25. The first-order chi connectivity index (χ1) is 9.43. The molecule has 0 radical (unpaired) electrons. The van der Waals surface area contributed by atoms with Crippen molar-refractivity contribution >= 4 is 5.91 Å². The number of carbonyl (C=O) groups excluding carboxylic acids is 1. The van der Waals surface area contributed by atoms with E-state index in [4.69, 9.17) is 5.73 Å². The van der Waals surface area contributed by atoms with Crippen molar-refractivity contribution in [3.8, 4) is 0 Å². The van der Waals surface area contributed by atoms with Crippen LogP contribution in [0.25, 0.3) is 0 Å². The summed E-state index contributed by atoms with van der Waals surface area (Å²) in [7, 11) is 0. The van der Waals surface area contributed by atoms with E-state index < -0.39 is 0 Å². The summed E-state index contributed by atoms with van der Waals surface area (Å²) in [5, 5.41) is 3.20. The first-order valence-electron chi connectivity index (χ1n) is 8.11. The molecule has 2 aliphatic carbocycles. The van der Waals surface area contributed by atoms with Crippen molar-refractivity contribution in [1.82, 2.24) is 5.32 Å². The van der Waals surface area contributed by atoms with Crippen molar-refractivity contribution in [3.63, 3.8) is 0 Å². The van der Waals surface area contributed by atoms with Crippen LogP contribution in [0.3, 0.4) is 0 Å². The smallest absolute Gasteiger partial charge is 0.223 e. The Bertz CT molecular complexity index is 375. The highest BCUT2D eigenvalue weighted by Gasteiger charge is 2.44. The van der Waals surface area contributed by atoms with Crippen molar-refractivity contribution in [3.05, 3.63) is 12.2 Å². The van der Waals surface area contributed by atoms with E-state index in [0.717, 1.165) is 32.2 Å². The van der Waals surface area contributed by atoms with Gasteiger partial charge < -0.3 is 11.1 Å². The lowest BCUT2D eigenvalue weighted by Crippen LogP contribution is -2.52. The second-order valence-corrected chi connectivity index (χ2v) is 7.30. The van der Waals surface area contributed by atoms with Crippen molar-refractivity contribution in [2.24, 2.45) is 28.9 Å². The molecule has 2 aliphatic rings. The first-order valence-corrected chi connectivity index (χ1v) is 8.11. The molecule has 1 saturated carbocycles. The van der Waals surface area contributed by atoms with Crippen LogP contribution in [-0.2, 0) is 4.79 Å². The standard InChI is InChI=1S/C17H30N2O/c1-12-15(18)10-9-14(17(12,2)3)16(20)19-11-13-7-5-4-6-8-13/h4-5,12-15H,6-11,18H2,1-3H3,(H,19,20). The topological polar surface area (TPSA) is 55.1 Å². The highest BCUT2D eigenvalue weighted by Crippen LogP contribution is 2.44. The van der Waals surface area contributed by atoms with Crippen LogP contribution in [0.15, 0.2) is 12.2 Å². The molecule has 114 valence electrons. The molecule has 0 bridgehead atoms. The van der Waals surface area contributed by atoms with Gasteiger partial charge in [-0.25, -0.2) is 0 Å². The van der Waals surface area contributed by atoms with E-state index >= 15 is 0 Å². The zero-order chi connectivity index (χ0) is 14.8. The molecule has 1 fully saturated rings. The average molecular weight is 278 g/mol. The van der Waals surface area contributed by atoms with Crippen LogP contribution in [0.5, 0.6) is 0 Å². The van der Waals surface area contributed by atoms with Gasteiger partial charge in [-0.3, -0.25) is 4.79 Å². The van der Waals surface area contributed by atoms with Gasteiger partial charge in [0.2, 0.25) is 5.91 Å². The molecule has 2 rings (SSSR count). The molecule has 0 saturated heterocycles. The summed E-state index contributed by atoms with van der Waals surface area (Å²) in [6, 6.07) is 0.234. The maximum Gasteiger partial charge on any atom is 0.223 e. The zero-order valence-corrected chi connectivity index (χ0v) is 13.2. The Kier molecular flexibility index (Phi) is 4.90. The van der Waals surface area contributed by atoms with Gasteiger partial charge in [0.1, 0.15) is 0 Å². The van der Waals surface area contributed by atoms with E-state index in [1.165, 1.54) is 6.42 Å². The number of allylic oxidation sites excluding steroid dienone is 2. The SMILES string of the molecule is CC1C(N)CCC(C(=O)NCC2CC=CCC2)C1(C)C. The van der Waals surface area contributed by atoms with E-state index in [-0.39, 0.29) is 23.3 Å². The molecule has 0 aromatic rings. The number of carbonyl (C=O) groups is 1. The maximum absolute atomic E-state index is 12.5. The monoisotopic (exact) mass is 278 g/mol. The molecule has 4 unspecified atom stereocenters. The summed E-state index contributed by atoms with van der Waals surface area (Å²) in [4.78, 5) is 12.5. The molecular weight excluding hydrogens is 248 g/mol. The first kappa shape index (κ1) is 15.6. The van der Waals surface area contributed by atoms with Crippen LogP contribution < -0.4 is 11.1 Å². The van der Waals surface area contributed by atoms with Crippen LogP contribution in [0.1, 0.15) is 52.9 Å². The molecule has 3 nitrogen and oxygen atoms in total. The number of nitrogens with two attached hydrogens (primary N) is 1. The molecule has 0 spiro atoms. The van der Waals surface area contributed by atoms with Gasteiger partial charge in [0.05, 0.1) is 0 Å². The van der Waals surface area contributed by atoms with Crippen LogP contribution in [0.4, 0.5) is 0 Å². The van der Waals surface area contributed by atoms with E-state index in [0.29, 0.717) is 11.8 Å². The van der Waals surface area contributed by atoms with Crippen molar-refractivity contribution in [1.29, 1.82) is 0 Å². The minimum atomic E-state index is -0.00574. The Hall–Kier alpha value is -0.830. The second-order valence-electron chi connectivity index (χ2n) is 7.30. The highest BCUT2D eigenvalue weighted by atomic mass is 16.1. The van der Waals surface area contributed by atoms with Gasteiger partial charge in [0.25, 0.3) is 0 Å². The van der Waals surface area contributed by atoms with Crippen molar-refractivity contribution in [2.75, 3.05) is 6.54 Å². The Morgan fingerprint density at radius 3 is 2.70 bits per heavy atom. The number of hydrogen-bond donors (Lipinski definition) is 2. The quantitative estimate of drug-likeness (QED) is 0.780. The van der Waals surface area contributed by atoms with Gasteiger partial charge in [0, 0.05) is 18.5 Å². The molecule has 20 heavy (non-hydrogen) atoms. The summed E-state index contributed by atoms with van der Waals surface area (Å²) < 4.78 is 0. The van der Waals surface area contributed by atoms with Gasteiger partial charge in [-0.1, -0.05) is 32.9 Å². The fourth-order valence-electron chi connectivity index (χ4n) is 3.73. The van der Waals surface area contributed by atoms with E-state index in [9.17, 15) is 4.79 Å². The van der Waals surface area contributed by atoms with Crippen LogP contribution in [-0.4, -0.2) is 18.5 Å². The Labute approximate surface area is 123 Å². The van der Waals surface area contributed by atoms with Crippen LogP contribution >= 0.6 is 0 Å². The number of amides is 1. The van der Waals surface area contributed by atoms with E-state index in [2.05, 4.69) is 38.2 Å². The summed E-state index contributed by atoms with van der Waals surface area (Å²) in [6.45, 7) is 7.42. The van der Waals surface area contributed by atoms with E-state index in [1.54, 1.807) is 0 Å². The van der Waals surface area contributed by atoms with Gasteiger partial charge in [-0.2, -0.15) is 0 Å². The summed E-state index contributed by atoms with van der Waals surface area (Å²) in [6.07, 6.45) is 9.84. The lowest BCUT2D eigenvalue weighted by Gasteiger charge is -2.46. The summed E-state index contributed by atoms with van der Waals surface area (Å²) in [5.74, 6) is 1.36. The predicted molar refractivity (Wildman–Crippen MR) is 83.1 cm³/mol. The van der Waals surface area contributed by atoms with Crippen molar-refractivity contribution in [2.45, 2.75) is 58.9 Å². The van der Waals surface area contributed by atoms with Crippen LogP contribution in [0, 0.1) is 23.2 Å². The fourth-order valence-corrected chi connectivity index (χ4v) is 3.73. The second kappa shape index (κ2) is 6.30. The molecule has 3 N–H and O–H groups in total. The molecule has 0 aromatic carbocycles. The maximum atomic E-state index is 12.5. The Balaban J connectivity index is 1.89.